The molecule has 1 amide bonds. The highest BCUT2D eigenvalue weighted by molar-refractivity contribution is 6.11. The Morgan fingerprint density at radius 2 is 2.04 bits per heavy atom. The number of pyridine rings is 2. The number of ether oxygens (including phenoxy) is 1. The fraction of sp³-hybridized carbons (Fsp3) is 0.105. The van der Waals surface area contributed by atoms with Gasteiger partial charge in [-0.25, -0.2) is 19.9 Å². The summed E-state index contributed by atoms with van der Waals surface area (Å²) in [4.78, 5) is 31.5. The Morgan fingerprint density at radius 3 is 2.89 bits per heavy atom. The number of hydrogen-bond acceptors (Lipinski definition) is 7. The van der Waals surface area contributed by atoms with Gasteiger partial charge in [0.2, 0.25) is 5.88 Å². The van der Waals surface area contributed by atoms with Crippen LogP contribution in [0.1, 0.15) is 10.4 Å². The van der Waals surface area contributed by atoms with E-state index < -0.39 is 0 Å². The predicted octanol–water partition coefficient (Wildman–Crippen LogP) is 1.83. The highest BCUT2D eigenvalue weighted by Gasteiger charge is 2.29. The second-order valence-electron chi connectivity index (χ2n) is 6.22. The fourth-order valence-electron chi connectivity index (χ4n) is 3.25. The molecule has 2 N–H and O–H groups in total. The van der Waals surface area contributed by atoms with Crippen molar-refractivity contribution in [1.82, 2.24) is 24.5 Å². The molecule has 1 aliphatic rings. The van der Waals surface area contributed by atoms with Crippen molar-refractivity contribution < 1.29 is 9.53 Å². The monoisotopic (exact) mass is 373 g/mol. The lowest BCUT2D eigenvalue weighted by molar-refractivity contribution is 0.0990. The molecule has 138 valence electrons. The number of fused-ring (bicyclic) bond motifs is 2. The van der Waals surface area contributed by atoms with Crippen molar-refractivity contribution in [1.29, 1.82) is 0 Å². The fourth-order valence-corrected chi connectivity index (χ4v) is 3.25. The summed E-state index contributed by atoms with van der Waals surface area (Å²) in [5, 5.41) is 0.888. The zero-order chi connectivity index (χ0) is 19.1. The number of rotatable bonds is 2. The van der Waals surface area contributed by atoms with E-state index in [1.807, 2.05) is 41.1 Å². The average Bonchev–Trinajstić information content (AvgIpc) is 3.06. The van der Waals surface area contributed by atoms with Gasteiger partial charge in [0, 0.05) is 17.8 Å². The summed E-state index contributed by atoms with van der Waals surface area (Å²) in [6.45, 7) is 0.644. The zero-order valence-electron chi connectivity index (χ0n) is 14.7. The van der Waals surface area contributed by atoms with Gasteiger partial charge in [0.1, 0.15) is 35.8 Å². The highest BCUT2D eigenvalue weighted by Crippen LogP contribution is 2.29. The van der Waals surface area contributed by atoms with Crippen LogP contribution in [0.2, 0.25) is 0 Å². The molecule has 0 aliphatic carbocycles. The van der Waals surface area contributed by atoms with Crippen LogP contribution in [-0.4, -0.2) is 43.6 Å². The van der Waals surface area contributed by atoms with Crippen LogP contribution in [0.3, 0.4) is 0 Å². The molecule has 0 bridgehead atoms. The van der Waals surface area contributed by atoms with Gasteiger partial charge in [0.25, 0.3) is 5.91 Å². The van der Waals surface area contributed by atoms with Gasteiger partial charge >= 0.3 is 0 Å². The van der Waals surface area contributed by atoms with E-state index in [1.165, 1.54) is 6.33 Å². The van der Waals surface area contributed by atoms with Crippen LogP contribution in [-0.2, 0) is 0 Å². The quantitative estimate of drug-likeness (QED) is 0.570. The van der Waals surface area contributed by atoms with E-state index in [0.29, 0.717) is 18.8 Å². The Labute approximate surface area is 159 Å². The Kier molecular flexibility index (Phi) is 3.64. The van der Waals surface area contributed by atoms with E-state index in [0.717, 1.165) is 16.9 Å². The summed E-state index contributed by atoms with van der Waals surface area (Å²) in [7, 11) is 0. The van der Waals surface area contributed by atoms with Crippen LogP contribution in [0, 0.1) is 0 Å². The van der Waals surface area contributed by atoms with Gasteiger partial charge < -0.3 is 15.4 Å². The minimum absolute atomic E-state index is 0.0947. The Hall–Kier alpha value is -4.01. The molecule has 5 heterocycles. The first-order chi connectivity index (χ1) is 13.7. The first-order valence-corrected chi connectivity index (χ1v) is 8.66. The van der Waals surface area contributed by atoms with Crippen LogP contribution in [0.5, 0.6) is 5.88 Å². The van der Waals surface area contributed by atoms with Gasteiger partial charge in [-0.15, -0.1) is 0 Å². The number of carbonyl (C=O) groups excluding carboxylic acids is 1. The molecule has 0 saturated carbocycles. The smallest absolute Gasteiger partial charge is 0.267 e. The van der Waals surface area contributed by atoms with Gasteiger partial charge in [0.05, 0.1) is 18.4 Å². The van der Waals surface area contributed by atoms with Crippen molar-refractivity contribution in [3.63, 3.8) is 0 Å². The van der Waals surface area contributed by atoms with Crippen LogP contribution < -0.4 is 15.4 Å². The van der Waals surface area contributed by atoms with E-state index in [4.69, 9.17) is 10.5 Å². The maximum absolute atomic E-state index is 13.1. The molecule has 0 atom stereocenters. The van der Waals surface area contributed by atoms with Gasteiger partial charge in [0.15, 0.2) is 0 Å². The number of aromatic nitrogens is 5. The van der Waals surface area contributed by atoms with Crippen molar-refractivity contribution in [2.45, 2.75) is 0 Å². The predicted molar refractivity (Wildman–Crippen MR) is 102 cm³/mol. The minimum atomic E-state index is -0.309. The average molecular weight is 373 g/mol. The van der Waals surface area contributed by atoms with E-state index in [-0.39, 0.29) is 23.2 Å². The normalized spacial score (nSPS) is 13.9. The number of hydrogen-bond donors (Lipinski definition) is 1. The molecule has 0 fully saturated rings. The molecule has 4 aromatic rings. The van der Waals surface area contributed by atoms with Crippen molar-refractivity contribution in [2.75, 3.05) is 23.8 Å². The molecule has 0 radical (unpaired) electrons. The maximum Gasteiger partial charge on any atom is 0.267 e. The van der Waals surface area contributed by atoms with E-state index >= 15 is 0 Å². The number of amides is 1. The minimum Gasteiger partial charge on any atom is -0.475 e. The van der Waals surface area contributed by atoms with E-state index in [9.17, 15) is 4.79 Å². The summed E-state index contributed by atoms with van der Waals surface area (Å²) >= 11 is 0. The Morgan fingerprint density at radius 1 is 1.11 bits per heavy atom. The van der Waals surface area contributed by atoms with Crippen LogP contribution >= 0.6 is 0 Å². The molecule has 0 saturated heterocycles. The molecule has 9 nitrogen and oxygen atoms in total. The Balaban J connectivity index is 1.56. The van der Waals surface area contributed by atoms with Crippen LogP contribution in [0.4, 0.5) is 11.5 Å². The molecular weight excluding hydrogens is 358 g/mol. The Bertz CT molecular complexity index is 1190. The lowest BCUT2D eigenvalue weighted by Crippen LogP contribution is -2.32. The SMILES string of the molecule is Nc1ncnc2c1C(=O)N(c1cnc3c(ccn3-c3ccccn3)c1)CCO2. The summed E-state index contributed by atoms with van der Waals surface area (Å²) in [5.74, 6) is 0.763. The molecule has 0 spiro atoms. The van der Waals surface area contributed by atoms with Crippen molar-refractivity contribution >= 4 is 28.4 Å². The second kappa shape index (κ2) is 6.31. The largest absolute Gasteiger partial charge is 0.475 e. The highest BCUT2D eigenvalue weighted by atomic mass is 16.5. The van der Waals surface area contributed by atoms with Crippen molar-refractivity contribution in [2.24, 2.45) is 0 Å². The molecule has 9 heteroatoms. The van der Waals surface area contributed by atoms with E-state index in [2.05, 4.69) is 19.9 Å². The number of carbonyl (C=O) groups is 1. The van der Waals surface area contributed by atoms with Crippen molar-refractivity contribution in [3.8, 4) is 11.7 Å². The lowest BCUT2D eigenvalue weighted by atomic mass is 10.2. The van der Waals surface area contributed by atoms with Crippen LogP contribution in [0.25, 0.3) is 16.9 Å². The lowest BCUT2D eigenvalue weighted by Gasteiger charge is -2.20. The number of nitrogens with zero attached hydrogens (tertiary/aromatic N) is 6. The molecule has 1 aliphatic heterocycles. The third kappa shape index (κ3) is 2.52. The molecular formula is C19H15N7O2. The third-order valence-corrected chi connectivity index (χ3v) is 4.57. The van der Waals surface area contributed by atoms with Gasteiger partial charge in [-0.1, -0.05) is 6.07 Å². The second-order valence-corrected chi connectivity index (χ2v) is 6.22. The first kappa shape index (κ1) is 16.2. The first-order valence-electron chi connectivity index (χ1n) is 8.66. The van der Waals surface area contributed by atoms with Gasteiger partial charge in [-0.2, -0.15) is 0 Å². The molecule has 5 rings (SSSR count). The number of nitrogens with two attached hydrogens (primary N) is 1. The van der Waals surface area contributed by atoms with Crippen LogP contribution in [0.15, 0.2) is 55.2 Å². The zero-order valence-corrected chi connectivity index (χ0v) is 14.7. The van der Waals surface area contributed by atoms with Gasteiger partial charge in [-0.3, -0.25) is 9.36 Å². The third-order valence-electron chi connectivity index (χ3n) is 4.57. The summed E-state index contributed by atoms with van der Waals surface area (Å²) in [5.41, 5.74) is 7.47. The molecule has 4 aromatic heterocycles. The maximum atomic E-state index is 13.1. The van der Waals surface area contributed by atoms with Gasteiger partial charge in [-0.05, 0) is 24.3 Å². The van der Waals surface area contributed by atoms with E-state index in [1.54, 1.807) is 17.3 Å². The standard InChI is InChI=1S/C19H15N7O2/c20-16-15-18(24-11-23-16)28-8-7-25(19(15)27)13-9-12-4-6-26(17(12)22-10-13)14-3-1-2-5-21-14/h1-6,9-11H,7-8H2,(H2,20,23,24). The topological polar surface area (TPSA) is 112 Å². The number of nitrogen functional groups attached to an aromatic ring is 1. The molecule has 0 unspecified atom stereocenters. The summed E-state index contributed by atoms with van der Waals surface area (Å²) < 4.78 is 7.47. The molecule has 0 aromatic carbocycles. The summed E-state index contributed by atoms with van der Waals surface area (Å²) in [6.07, 6.45) is 6.57. The molecule has 28 heavy (non-hydrogen) atoms. The summed E-state index contributed by atoms with van der Waals surface area (Å²) in [6, 6.07) is 9.53. The number of anilines is 2. The van der Waals surface area contributed by atoms with Crippen molar-refractivity contribution in [3.05, 3.63) is 60.8 Å².